The second kappa shape index (κ2) is 8.24. The van der Waals surface area contributed by atoms with Crippen molar-refractivity contribution >= 4 is 45.6 Å². The van der Waals surface area contributed by atoms with Gasteiger partial charge in [-0.2, -0.15) is 13.1 Å². The molecule has 0 aromatic heterocycles. The molecule has 0 aliphatic carbocycles. The van der Waals surface area contributed by atoms with Gasteiger partial charge in [0, 0.05) is 49.0 Å². The number of nitrogens with one attached hydrogen (secondary N) is 2. The van der Waals surface area contributed by atoms with Crippen LogP contribution in [0.2, 0.25) is 5.02 Å². The first kappa shape index (κ1) is 20.2. The number of halogens is 2. The maximum absolute atomic E-state index is 12.7. The number of hydrogen-bond acceptors (Lipinski definition) is 4. The average Bonchev–Trinajstić information content (AvgIpc) is 2.64. The van der Waals surface area contributed by atoms with E-state index in [4.69, 9.17) is 11.6 Å². The Morgan fingerprint density at radius 3 is 2.48 bits per heavy atom. The van der Waals surface area contributed by atoms with E-state index in [1.807, 2.05) is 24.3 Å². The second-order valence-corrected chi connectivity index (χ2v) is 8.59. The summed E-state index contributed by atoms with van der Waals surface area (Å²) in [4.78, 5) is 2.31. The highest BCUT2D eigenvalue weighted by atomic mass is 35.5. The van der Waals surface area contributed by atoms with E-state index in [2.05, 4.69) is 21.0 Å². The lowest BCUT2D eigenvalue weighted by molar-refractivity contribution is 0.568. The molecule has 2 N–H and O–H groups in total. The first-order valence-corrected chi connectivity index (χ1v) is 10.5. The number of hydrogen-bond donors (Lipinski definition) is 2. The Labute approximate surface area is 171 Å². The van der Waals surface area contributed by atoms with E-state index in [0.717, 1.165) is 48.7 Å². The predicted octanol–water partition coefficient (Wildman–Crippen LogP) is 2.53. The molecule has 0 saturated carbocycles. The van der Waals surface area contributed by atoms with Gasteiger partial charge in [0.1, 0.15) is 0 Å². The monoisotopic (exact) mass is 428 g/mol. The highest BCUT2D eigenvalue weighted by Gasteiger charge is 2.31. The SMILES string of the molecule is Cl.O=S1(=O)NCc2c(N3CCNCC3)cccc2N1Cc1cccc(Cl)c1. The number of nitrogens with zero attached hydrogens (tertiary/aromatic N) is 2. The van der Waals surface area contributed by atoms with E-state index >= 15 is 0 Å². The summed E-state index contributed by atoms with van der Waals surface area (Å²) in [5.41, 5.74) is 3.71. The minimum Gasteiger partial charge on any atom is -0.369 e. The summed E-state index contributed by atoms with van der Waals surface area (Å²) in [7, 11) is -3.59. The van der Waals surface area contributed by atoms with E-state index in [1.54, 1.807) is 12.1 Å². The molecule has 4 rings (SSSR count). The van der Waals surface area contributed by atoms with Crippen LogP contribution in [0.5, 0.6) is 0 Å². The molecule has 0 bridgehead atoms. The van der Waals surface area contributed by atoms with Crippen LogP contribution in [0.3, 0.4) is 0 Å². The Morgan fingerprint density at radius 1 is 1.04 bits per heavy atom. The van der Waals surface area contributed by atoms with Crippen molar-refractivity contribution in [1.29, 1.82) is 0 Å². The van der Waals surface area contributed by atoms with Gasteiger partial charge in [0.05, 0.1) is 12.2 Å². The first-order chi connectivity index (χ1) is 12.5. The van der Waals surface area contributed by atoms with Crippen LogP contribution in [0.4, 0.5) is 11.4 Å². The fraction of sp³-hybridized carbons (Fsp3) is 0.333. The van der Waals surface area contributed by atoms with Crippen LogP contribution in [0.25, 0.3) is 0 Å². The van der Waals surface area contributed by atoms with E-state index in [9.17, 15) is 8.42 Å². The molecule has 2 aromatic carbocycles. The lowest BCUT2D eigenvalue weighted by Crippen LogP contribution is -2.47. The molecule has 27 heavy (non-hydrogen) atoms. The van der Waals surface area contributed by atoms with Gasteiger partial charge in [-0.05, 0) is 29.8 Å². The van der Waals surface area contributed by atoms with Crippen LogP contribution in [0, 0.1) is 0 Å². The molecule has 0 unspecified atom stereocenters. The molecule has 2 aromatic rings. The van der Waals surface area contributed by atoms with Gasteiger partial charge in [-0.3, -0.25) is 4.31 Å². The van der Waals surface area contributed by atoms with Gasteiger partial charge in [-0.25, -0.2) is 0 Å². The van der Waals surface area contributed by atoms with Crippen molar-refractivity contribution < 1.29 is 8.42 Å². The van der Waals surface area contributed by atoms with Crippen molar-refractivity contribution in [3.8, 4) is 0 Å². The highest BCUT2D eigenvalue weighted by Crippen LogP contribution is 2.35. The molecule has 2 aliphatic rings. The standard InChI is InChI=1S/C18H21ClN4O2S.ClH/c19-15-4-1-3-14(11-15)13-23-18-6-2-5-17(22-9-7-20-8-10-22)16(18)12-21-26(23,24)25;/h1-6,11,20-21H,7-10,12-13H2;1H. The molecular weight excluding hydrogens is 407 g/mol. The largest absolute Gasteiger partial charge is 0.369 e. The molecule has 0 spiro atoms. The van der Waals surface area contributed by atoms with Gasteiger partial charge in [0.15, 0.2) is 0 Å². The summed E-state index contributed by atoms with van der Waals surface area (Å²) in [6.45, 7) is 4.25. The van der Waals surface area contributed by atoms with Crippen LogP contribution in [0.1, 0.15) is 11.1 Å². The van der Waals surface area contributed by atoms with Crippen molar-refractivity contribution in [1.82, 2.24) is 10.0 Å². The Morgan fingerprint density at radius 2 is 1.74 bits per heavy atom. The molecule has 6 nitrogen and oxygen atoms in total. The highest BCUT2D eigenvalue weighted by molar-refractivity contribution is 7.90. The predicted molar refractivity (Wildman–Crippen MR) is 112 cm³/mol. The van der Waals surface area contributed by atoms with Gasteiger partial charge in [0.2, 0.25) is 0 Å². The van der Waals surface area contributed by atoms with Gasteiger partial charge in [-0.15, -0.1) is 12.4 Å². The number of benzene rings is 2. The van der Waals surface area contributed by atoms with E-state index in [1.165, 1.54) is 4.31 Å². The van der Waals surface area contributed by atoms with E-state index in [-0.39, 0.29) is 19.0 Å². The third kappa shape index (κ3) is 4.17. The van der Waals surface area contributed by atoms with Crippen LogP contribution in [-0.4, -0.2) is 34.6 Å². The number of rotatable bonds is 3. The zero-order valence-corrected chi connectivity index (χ0v) is 17.1. The Hall–Kier alpha value is -1.51. The van der Waals surface area contributed by atoms with Crippen LogP contribution < -0.4 is 19.2 Å². The van der Waals surface area contributed by atoms with Crippen molar-refractivity contribution in [2.45, 2.75) is 13.1 Å². The van der Waals surface area contributed by atoms with Gasteiger partial charge in [0.25, 0.3) is 0 Å². The molecular formula is C18H22Cl2N4O2S. The van der Waals surface area contributed by atoms with E-state index < -0.39 is 10.2 Å². The van der Waals surface area contributed by atoms with Crippen molar-refractivity contribution in [2.24, 2.45) is 0 Å². The Kier molecular flexibility index (Phi) is 6.18. The maximum atomic E-state index is 12.7. The summed E-state index contributed by atoms with van der Waals surface area (Å²) in [6.07, 6.45) is 0. The van der Waals surface area contributed by atoms with E-state index in [0.29, 0.717) is 11.6 Å². The Bertz CT molecular complexity index is 917. The summed E-state index contributed by atoms with van der Waals surface area (Å²) in [6, 6.07) is 13.2. The molecule has 146 valence electrons. The summed E-state index contributed by atoms with van der Waals surface area (Å²) < 4.78 is 29.5. The fourth-order valence-corrected chi connectivity index (χ4v) is 4.97. The fourth-order valence-electron chi connectivity index (χ4n) is 3.52. The molecule has 0 atom stereocenters. The van der Waals surface area contributed by atoms with Crippen molar-refractivity contribution in [3.63, 3.8) is 0 Å². The molecule has 9 heteroatoms. The van der Waals surface area contributed by atoms with Crippen LogP contribution in [-0.2, 0) is 23.3 Å². The third-order valence-electron chi connectivity index (χ3n) is 4.79. The molecule has 2 aliphatic heterocycles. The van der Waals surface area contributed by atoms with Gasteiger partial charge < -0.3 is 10.2 Å². The minimum atomic E-state index is -3.59. The Balaban J connectivity index is 0.00000210. The quantitative estimate of drug-likeness (QED) is 0.787. The number of anilines is 2. The second-order valence-electron chi connectivity index (χ2n) is 6.47. The first-order valence-electron chi connectivity index (χ1n) is 8.64. The lowest BCUT2D eigenvalue weighted by Gasteiger charge is -2.36. The summed E-state index contributed by atoms with van der Waals surface area (Å²) in [5, 5.41) is 3.95. The minimum absolute atomic E-state index is 0. The third-order valence-corrected chi connectivity index (χ3v) is 6.44. The number of piperazine rings is 1. The molecule has 2 heterocycles. The lowest BCUT2D eigenvalue weighted by atomic mass is 10.1. The van der Waals surface area contributed by atoms with Gasteiger partial charge >= 0.3 is 10.2 Å². The zero-order valence-electron chi connectivity index (χ0n) is 14.7. The smallest absolute Gasteiger partial charge is 0.302 e. The topological polar surface area (TPSA) is 64.7 Å². The van der Waals surface area contributed by atoms with Crippen molar-refractivity contribution in [3.05, 3.63) is 58.6 Å². The summed E-state index contributed by atoms with van der Waals surface area (Å²) in [5.74, 6) is 0. The molecule has 1 saturated heterocycles. The van der Waals surface area contributed by atoms with Crippen molar-refractivity contribution in [2.75, 3.05) is 35.4 Å². The molecule has 0 radical (unpaired) electrons. The zero-order chi connectivity index (χ0) is 18.1. The van der Waals surface area contributed by atoms with Crippen LogP contribution >= 0.6 is 24.0 Å². The normalized spacial score (nSPS) is 18.6. The molecule has 0 amide bonds. The molecule has 1 fully saturated rings. The summed E-state index contributed by atoms with van der Waals surface area (Å²) >= 11 is 6.06. The average molecular weight is 429 g/mol. The number of fused-ring (bicyclic) bond motifs is 1. The maximum Gasteiger partial charge on any atom is 0.302 e. The van der Waals surface area contributed by atoms with Gasteiger partial charge in [-0.1, -0.05) is 29.8 Å². The van der Waals surface area contributed by atoms with Crippen LogP contribution in [0.15, 0.2) is 42.5 Å².